The van der Waals surface area contributed by atoms with Crippen LogP contribution in [0.1, 0.15) is 294 Å². The lowest BCUT2D eigenvalue weighted by atomic mass is 9.94. The molecule has 0 amide bonds. The van der Waals surface area contributed by atoms with Crippen molar-refractivity contribution in [1.82, 2.24) is 0 Å². The molecule has 0 aromatic heterocycles. The highest BCUT2D eigenvalue weighted by molar-refractivity contribution is 4.77. The van der Waals surface area contributed by atoms with Crippen LogP contribution in [0.2, 0.25) is 0 Å². The van der Waals surface area contributed by atoms with Crippen molar-refractivity contribution in [2.75, 3.05) is 0 Å². The third-order valence-corrected chi connectivity index (χ3v) is 16.1. The second kappa shape index (κ2) is 39.5. The minimum atomic E-state index is -1.34. The molecule has 7 fully saturated rings. The molecular formula is C61H122O31. The second-order valence-electron chi connectivity index (χ2n) is 27.7. The fourth-order valence-electron chi connectivity index (χ4n) is 8.57. The van der Waals surface area contributed by atoms with Crippen molar-refractivity contribution in [3.8, 4) is 0 Å². The van der Waals surface area contributed by atoms with Crippen LogP contribution in [0.15, 0.2) is 0 Å². The van der Waals surface area contributed by atoms with Crippen molar-refractivity contribution in [3.05, 3.63) is 0 Å². The summed E-state index contributed by atoms with van der Waals surface area (Å²) in [7, 11) is 0. The summed E-state index contributed by atoms with van der Waals surface area (Å²) < 4.78 is 0. The predicted molar refractivity (Wildman–Crippen MR) is 321 cm³/mol. The van der Waals surface area contributed by atoms with Gasteiger partial charge in [0.1, 0.15) is 0 Å². The van der Waals surface area contributed by atoms with Crippen molar-refractivity contribution in [1.29, 1.82) is 0 Å². The van der Waals surface area contributed by atoms with Crippen LogP contribution in [-0.2, 0) is 112 Å². The first-order valence-electron chi connectivity index (χ1n) is 32.6. The van der Waals surface area contributed by atoms with Gasteiger partial charge in [0.15, 0.2) is 5.79 Å². The SMILES string of the molecule is CC(C)C1(C)OOC(C)(C(C)C)OO1.CC(C)CC1(C)OOC(C)(CC(C)C)OO1.CC1(O)CC(C)(O)OO1.CCC(C)(OO)OOC(C)(CC)OO.CCC1(C)OOC(C)(CC)OO1.OOC1(OO)CCCCC1.OOC1(OOC2(O)CCCCC2)CCCCC1. The summed E-state index contributed by atoms with van der Waals surface area (Å²) >= 11 is 0. The Labute approximate surface area is 545 Å². The molecule has 4 aliphatic heterocycles. The molecule has 552 valence electrons. The predicted octanol–water partition coefficient (Wildman–Crippen LogP) is 14.5. The third-order valence-electron chi connectivity index (χ3n) is 16.1. The molecule has 7 rings (SSSR count). The van der Waals surface area contributed by atoms with E-state index in [4.69, 9.17) is 115 Å². The van der Waals surface area contributed by atoms with E-state index in [1.54, 1.807) is 41.5 Å². The molecule has 4 unspecified atom stereocenters. The molecule has 3 saturated carbocycles. The van der Waals surface area contributed by atoms with Gasteiger partial charge in [-0.1, -0.05) is 102 Å². The fourth-order valence-corrected chi connectivity index (χ4v) is 8.57. The van der Waals surface area contributed by atoms with Gasteiger partial charge in [-0.05, 0) is 120 Å². The molecule has 0 aromatic rings. The first-order valence-corrected chi connectivity index (χ1v) is 32.6. The maximum atomic E-state index is 10.1. The highest BCUT2D eigenvalue weighted by Crippen LogP contribution is 2.40. The molecule has 3 aliphatic carbocycles. The van der Waals surface area contributed by atoms with Crippen LogP contribution in [0, 0.1) is 23.7 Å². The van der Waals surface area contributed by atoms with Crippen molar-refractivity contribution in [2.45, 2.75) is 369 Å². The van der Waals surface area contributed by atoms with E-state index in [0.717, 1.165) is 70.6 Å². The molecule has 0 radical (unpaired) electrons. The minimum absolute atomic E-state index is 0.0694. The Morgan fingerprint density at radius 2 is 0.652 bits per heavy atom. The number of hydrogen-bond donors (Lipinski definition) is 8. The Bertz CT molecular complexity index is 1810. The van der Waals surface area contributed by atoms with E-state index in [9.17, 15) is 5.11 Å². The fraction of sp³-hybridized carbons (Fsp3) is 1.00. The molecular weight excluding hydrogens is 1230 g/mol. The Kier molecular flexibility index (Phi) is 38.1. The summed E-state index contributed by atoms with van der Waals surface area (Å²) in [5.41, 5.74) is 0. The van der Waals surface area contributed by atoms with Gasteiger partial charge < -0.3 is 15.3 Å². The zero-order valence-corrected chi connectivity index (χ0v) is 59.3. The molecule has 0 aromatic carbocycles. The van der Waals surface area contributed by atoms with Gasteiger partial charge in [-0.2, -0.15) is 88.0 Å². The number of hydrogen-bond acceptors (Lipinski definition) is 31. The van der Waals surface area contributed by atoms with Gasteiger partial charge in [0.05, 0.1) is 6.42 Å². The molecule has 4 atom stereocenters. The third kappa shape index (κ3) is 31.7. The lowest BCUT2D eigenvalue weighted by Gasteiger charge is -2.43. The zero-order valence-electron chi connectivity index (χ0n) is 59.3. The van der Waals surface area contributed by atoms with E-state index in [-0.39, 0.29) is 18.3 Å². The second-order valence-corrected chi connectivity index (χ2v) is 27.7. The maximum absolute atomic E-state index is 10.1. The molecule has 92 heavy (non-hydrogen) atoms. The van der Waals surface area contributed by atoms with E-state index in [0.29, 0.717) is 76.0 Å². The standard InChI is InChI=1S/C12H22O5.C12H24O4.C10H20O4.C8H18O6.C8H16O4.C6H12O4.C5H10O4/c13-11(7-3-1-4-8-11)16-17-12(15-14)9-5-2-6-10-12;1-9(2)7-11(5)13-15-12(6,16-14-11)8-10(3)4;1-7(2)9(5)11-13-10(6,8(3)4)14-12-9;1-5-7(3,11-9)13-14-8(4,6-2)12-10;1-5-7(3)9-11-8(4,6-2)12-10-7;7-9-6(10-8)4-2-1-3-5-6;1-4(6)3-5(2,7)9-8-4/h13-14H,1-10H2;9-10H,7-8H2,1-6H3;7-8H,1-6H3;9-10H,5-6H2,1-4H3;5-6H2,1-4H3;7-8H,1-5H2;6-7H,3H2,1-2H3. The first kappa shape index (κ1) is 88.8. The molecule has 4 heterocycles. The van der Waals surface area contributed by atoms with Crippen LogP contribution in [0.5, 0.6) is 0 Å². The topological polar surface area (TPSA) is 374 Å². The van der Waals surface area contributed by atoms with Gasteiger partial charge in [0.25, 0.3) is 0 Å². The van der Waals surface area contributed by atoms with E-state index >= 15 is 0 Å². The van der Waals surface area contributed by atoms with E-state index in [2.05, 4.69) is 61.9 Å². The van der Waals surface area contributed by atoms with Gasteiger partial charge in [-0.3, -0.25) is 0 Å². The molecule has 7 aliphatic rings. The van der Waals surface area contributed by atoms with Gasteiger partial charge in [0, 0.05) is 88.9 Å². The lowest BCUT2D eigenvalue weighted by Crippen LogP contribution is -2.52. The summed E-state index contributed by atoms with van der Waals surface area (Å²) in [6.07, 6.45) is 16.0. The van der Waals surface area contributed by atoms with Gasteiger partial charge >= 0.3 is 0 Å². The molecule has 4 saturated heterocycles. The van der Waals surface area contributed by atoms with Crippen LogP contribution >= 0.6 is 0 Å². The quantitative estimate of drug-likeness (QED) is 0.0301. The van der Waals surface area contributed by atoms with Gasteiger partial charge in [-0.15, -0.1) is 0 Å². The van der Waals surface area contributed by atoms with Crippen LogP contribution < -0.4 is 0 Å². The van der Waals surface area contributed by atoms with Gasteiger partial charge in [0.2, 0.25) is 69.4 Å². The highest BCUT2D eigenvalue weighted by Gasteiger charge is 2.49. The monoisotopic (exact) mass is 1350 g/mol. The minimum Gasteiger partial charge on any atom is -0.363 e. The van der Waals surface area contributed by atoms with Crippen LogP contribution in [0.4, 0.5) is 0 Å². The summed E-state index contributed by atoms with van der Waals surface area (Å²) in [6, 6.07) is 0. The summed E-state index contributed by atoms with van der Waals surface area (Å²) in [6.45, 7) is 40.2. The Morgan fingerprint density at radius 1 is 0.370 bits per heavy atom. The molecule has 31 nitrogen and oxygen atoms in total. The molecule has 8 N–H and O–H groups in total. The summed E-state index contributed by atoms with van der Waals surface area (Å²) in [5.74, 6) is -12.2. The maximum Gasteiger partial charge on any atom is 0.233 e. The number of aliphatic hydroxyl groups is 3. The zero-order chi connectivity index (χ0) is 70.6. The van der Waals surface area contributed by atoms with Crippen LogP contribution in [0.25, 0.3) is 0 Å². The smallest absolute Gasteiger partial charge is 0.233 e. The molecule has 0 bridgehead atoms. The van der Waals surface area contributed by atoms with Crippen molar-refractivity contribution in [2.24, 2.45) is 23.7 Å². The Balaban J connectivity index is 0.000000541. The van der Waals surface area contributed by atoms with Crippen LogP contribution in [-0.4, -0.2) is 117 Å². The van der Waals surface area contributed by atoms with E-state index < -0.39 is 75.2 Å². The Morgan fingerprint density at radius 3 is 0.870 bits per heavy atom. The molecule has 31 heteroatoms. The molecule has 0 spiro atoms. The summed E-state index contributed by atoms with van der Waals surface area (Å²) in [5, 5.41) is 70.9. The van der Waals surface area contributed by atoms with Gasteiger partial charge in [-0.25, -0.2) is 50.7 Å². The summed E-state index contributed by atoms with van der Waals surface area (Å²) in [4.78, 5) is 112. The van der Waals surface area contributed by atoms with Crippen molar-refractivity contribution < 1.29 is 154 Å². The van der Waals surface area contributed by atoms with Crippen molar-refractivity contribution >= 4 is 0 Å². The number of rotatable bonds is 21. The van der Waals surface area contributed by atoms with Crippen LogP contribution in [0.3, 0.4) is 0 Å². The average molecular weight is 1350 g/mol. The first-order chi connectivity index (χ1) is 42.5. The average Bonchev–Trinajstić information content (AvgIpc) is 1.14. The van der Waals surface area contributed by atoms with E-state index in [1.807, 2.05) is 55.4 Å². The Hall–Kier alpha value is -1.24. The normalized spacial score (nSPS) is 33.8. The lowest BCUT2D eigenvalue weighted by molar-refractivity contribution is -0.662. The van der Waals surface area contributed by atoms with Crippen molar-refractivity contribution in [3.63, 3.8) is 0 Å². The van der Waals surface area contributed by atoms with E-state index in [1.165, 1.54) is 27.7 Å². The largest absolute Gasteiger partial charge is 0.363 e. The highest BCUT2D eigenvalue weighted by atomic mass is 17.4.